The molecule has 3 aliphatic rings. The van der Waals surface area contributed by atoms with Crippen LogP contribution in [0.1, 0.15) is 62.7 Å². The van der Waals surface area contributed by atoms with E-state index >= 15 is 0 Å². The third-order valence-corrected chi connectivity index (χ3v) is 7.24. The average Bonchev–Trinajstić information content (AvgIpc) is 3.58. The number of amides is 2. The molecule has 2 saturated heterocycles. The molecule has 2 amide bonds. The number of aromatic nitrogens is 1. The first kappa shape index (κ1) is 23.0. The second-order valence-corrected chi connectivity index (χ2v) is 10.6. The van der Waals surface area contributed by atoms with Crippen molar-refractivity contribution >= 4 is 29.2 Å². The topological polar surface area (TPSA) is 83.6 Å². The highest BCUT2D eigenvalue weighted by atomic mass is 35.5. The van der Waals surface area contributed by atoms with Gasteiger partial charge in [0, 0.05) is 35.4 Å². The maximum atomic E-state index is 13.0. The Bertz CT molecular complexity index is 1040. The summed E-state index contributed by atoms with van der Waals surface area (Å²) in [5.74, 6) is 1.35. The number of anilines is 1. The molecule has 1 saturated carbocycles. The van der Waals surface area contributed by atoms with Gasteiger partial charge in [0.2, 0.25) is 0 Å². The van der Waals surface area contributed by atoms with Crippen LogP contribution in [0.15, 0.2) is 42.6 Å². The number of hydrogen-bond acceptors (Lipinski definition) is 5. The number of carbonyl (C=O) groups is 2. The zero-order valence-corrected chi connectivity index (χ0v) is 20.3. The van der Waals surface area contributed by atoms with Gasteiger partial charge in [0.15, 0.2) is 5.60 Å². The summed E-state index contributed by atoms with van der Waals surface area (Å²) in [6, 6.07) is 11.9. The van der Waals surface area contributed by atoms with E-state index in [4.69, 9.17) is 16.3 Å². The molecule has 0 spiro atoms. The molecule has 5 rings (SSSR count). The lowest BCUT2D eigenvalue weighted by Gasteiger charge is -2.40. The molecule has 180 valence electrons. The quantitative estimate of drug-likeness (QED) is 0.620. The maximum Gasteiger partial charge on any atom is 0.263 e. The molecule has 1 aromatic heterocycles. The lowest BCUT2D eigenvalue weighted by molar-refractivity contribution is -0.135. The molecule has 2 N–H and O–H groups in total. The fraction of sp³-hybridized carbons (Fsp3) is 0.500. The summed E-state index contributed by atoms with van der Waals surface area (Å²) < 4.78 is 5.95. The van der Waals surface area contributed by atoms with Gasteiger partial charge in [-0.05, 0) is 88.8 Å². The number of hydrogen-bond donors (Lipinski definition) is 2. The number of rotatable bonds is 7. The van der Waals surface area contributed by atoms with Gasteiger partial charge in [-0.25, -0.2) is 4.98 Å². The molecule has 34 heavy (non-hydrogen) atoms. The van der Waals surface area contributed by atoms with Gasteiger partial charge in [-0.3, -0.25) is 9.59 Å². The van der Waals surface area contributed by atoms with Crippen molar-refractivity contribution in [3.05, 3.63) is 53.2 Å². The number of ether oxygens (including phenoxy) is 1. The van der Waals surface area contributed by atoms with Gasteiger partial charge in [-0.2, -0.15) is 0 Å². The highest BCUT2D eigenvalue weighted by Crippen LogP contribution is 2.38. The fourth-order valence-electron chi connectivity index (χ4n) is 5.04. The number of benzene rings is 1. The summed E-state index contributed by atoms with van der Waals surface area (Å²) in [4.78, 5) is 32.3. The third kappa shape index (κ3) is 4.99. The lowest BCUT2D eigenvalue weighted by atomic mass is 9.96. The Kier molecular flexibility index (Phi) is 6.15. The SMILES string of the molecule is CC(C)(Oc1ccc(Cl)cc1)C(=O)NC1C[C@H]2CC[C@@H](C1)N2c1ccc(C(=O)NC2CC2)cn1. The van der Waals surface area contributed by atoms with Gasteiger partial charge in [0.05, 0.1) is 5.56 Å². The molecule has 2 aliphatic heterocycles. The van der Waals surface area contributed by atoms with E-state index in [1.165, 1.54) is 0 Å². The van der Waals surface area contributed by atoms with Crippen molar-refractivity contribution in [2.45, 2.75) is 82.1 Å². The van der Waals surface area contributed by atoms with E-state index in [2.05, 4.69) is 20.5 Å². The van der Waals surface area contributed by atoms with Crippen LogP contribution in [0, 0.1) is 0 Å². The smallest absolute Gasteiger partial charge is 0.263 e. The van der Waals surface area contributed by atoms with Crippen molar-refractivity contribution in [1.82, 2.24) is 15.6 Å². The number of piperidine rings is 1. The predicted octanol–water partition coefficient (Wildman–Crippen LogP) is 4.10. The van der Waals surface area contributed by atoms with Crippen LogP contribution in [0.5, 0.6) is 5.75 Å². The van der Waals surface area contributed by atoms with E-state index in [0.29, 0.717) is 34.5 Å². The van der Waals surface area contributed by atoms with Crippen LogP contribution >= 0.6 is 11.6 Å². The molecule has 1 aliphatic carbocycles. The molecule has 1 aromatic carbocycles. The Morgan fingerprint density at radius 1 is 0.971 bits per heavy atom. The molecule has 7 nitrogen and oxygen atoms in total. The van der Waals surface area contributed by atoms with Gasteiger partial charge in [0.1, 0.15) is 11.6 Å². The van der Waals surface area contributed by atoms with Crippen LogP contribution in [0.4, 0.5) is 5.82 Å². The van der Waals surface area contributed by atoms with Crippen molar-refractivity contribution < 1.29 is 14.3 Å². The first-order valence-corrected chi connectivity index (χ1v) is 12.5. The van der Waals surface area contributed by atoms with Crippen LogP contribution in [0.2, 0.25) is 5.02 Å². The number of fused-ring (bicyclic) bond motifs is 2. The van der Waals surface area contributed by atoms with E-state index < -0.39 is 5.60 Å². The van der Waals surface area contributed by atoms with E-state index in [1.54, 1.807) is 44.3 Å². The molecule has 8 heteroatoms. The number of halogens is 1. The standard InChI is InChI=1S/C26H31ClN4O3/c1-26(2,34-22-10-4-17(27)5-11-22)25(33)30-19-13-20-8-9-21(14-19)31(20)23-12-3-16(15-28-23)24(32)29-18-6-7-18/h3-5,10-12,15,18-21H,6-9,13-14H2,1-2H3,(H,29,32)(H,30,33)/t19?,20-,21+. The average molecular weight is 483 g/mol. The molecule has 2 aromatic rings. The largest absolute Gasteiger partial charge is 0.478 e. The molecule has 3 heterocycles. The molecule has 3 atom stereocenters. The second kappa shape index (κ2) is 9.10. The van der Waals surface area contributed by atoms with E-state index in [1.807, 2.05) is 12.1 Å². The summed E-state index contributed by atoms with van der Waals surface area (Å²) in [6.07, 6.45) is 7.69. The van der Waals surface area contributed by atoms with Crippen LogP contribution in [-0.2, 0) is 4.79 Å². The van der Waals surface area contributed by atoms with Gasteiger partial charge in [-0.1, -0.05) is 11.6 Å². The maximum absolute atomic E-state index is 13.0. The van der Waals surface area contributed by atoms with Crippen molar-refractivity contribution in [3.8, 4) is 5.75 Å². The zero-order chi connectivity index (χ0) is 23.9. The minimum Gasteiger partial charge on any atom is -0.478 e. The van der Waals surface area contributed by atoms with E-state index in [9.17, 15) is 9.59 Å². The number of carbonyl (C=O) groups excluding carboxylic acids is 2. The fourth-order valence-corrected chi connectivity index (χ4v) is 5.17. The van der Waals surface area contributed by atoms with Crippen LogP contribution in [0.3, 0.4) is 0 Å². The summed E-state index contributed by atoms with van der Waals surface area (Å²) >= 11 is 5.94. The predicted molar refractivity (Wildman–Crippen MR) is 131 cm³/mol. The van der Waals surface area contributed by atoms with Crippen molar-refractivity contribution in [3.63, 3.8) is 0 Å². The zero-order valence-electron chi connectivity index (χ0n) is 19.6. The minimum atomic E-state index is -0.998. The first-order valence-electron chi connectivity index (χ1n) is 12.1. The van der Waals surface area contributed by atoms with Crippen LogP contribution in [-0.4, -0.2) is 46.6 Å². The number of nitrogens with zero attached hydrogens (tertiary/aromatic N) is 2. The minimum absolute atomic E-state index is 0.0469. The van der Waals surface area contributed by atoms with Crippen molar-refractivity contribution in [2.24, 2.45) is 0 Å². The lowest BCUT2D eigenvalue weighted by Crippen LogP contribution is -2.55. The Morgan fingerprint density at radius 3 is 2.24 bits per heavy atom. The molecule has 1 unspecified atom stereocenters. The summed E-state index contributed by atoms with van der Waals surface area (Å²) in [5, 5.41) is 6.85. The highest BCUT2D eigenvalue weighted by molar-refractivity contribution is 6.30. The van der Waals surface area contributed by atoms with Gasteiger partial charge < -0.3 is 20.3 Å². The van der Waals surface area contributed by atoms with Crippen molar-refractivity contribution in [1.29, 1.82) is 0 Å². The van der Waals surface area contributed by atoms with Crippen LogP contribution < -0.4 is 20.3 Å². The summed E-state index contributed by atoms with van der Waals surface area (Å²) in [5.41, 5.74) is -0.393. The van der Waals surface area contributed by atoms with E-state index in [-0.39, 0.29) is 17.9 Å². The summed E-state index contributed by atoms with van der Waals surface area (Å²) in [7, 11) is 0. The van der Waals surface area contributed by atoms with Crippen molar-refractivity contribution in [2.75, 3.05) is 4.90 Å². The molecular formula is C26H31ClN4O3. The highest BCUT2D eigenvalue weighted by Gasteiger charge is 2.43. The number of pyridine rings is 1. The summed E-state index contributed by atoms with van der Waals surface area (Å²) in [6.45, 7) is 3.57. The molecule has 0 radical (unpaired) electrons. The monoisotopic (exact) mass is 482 g/mol. The van der Waals surface area contributed by atoms with Gasteiger partial charge in [0.25, 0.3) is 11.8 Å². The second-order valence-electron chi connectivity index (χ2n) is 10.2. The van der Waals surface area contributed by atoms with Gasteiger partial charge in [-0.15, -0.1) is 0 Å². The van der Waals surface area contributed by atoms with E-state index in [0.717, 1.165) is 44.3 Å². The Balaban J connectivity index is 1.19. The number of nitrogens with one attached hydrogen (secondary N) is 2. The third-order valence-electron chi connectivity index (χ3n) is 6.99. The first-order chi connectivity index (χ1) is 16.3. The molecule has 2 bridgehead atoms. The normalized spacial score (nSPS) is 24.0. The molecule has 3 fully saturated rings. The molecular weight excluding hydrogens is 452 g/mol. The Labute approximate surface area is 205 Å². The van der Waals surface area contributed by atoms with Gasteiger partial charge >= 0.3 is 0 Å². The Hall–Kier alpha value is -2.80. The van der Waals surface area contributed by atoms with Crippen LogP contribution in [0.25, 0.3) is 0 Å². The Morgan fingerprint density at radius 2 is 1.65 bits per heavy atom.